The van der Waals surface area contributed by atoms with Crippen molar-refractivity contribution in [2.24, 2.45) is 0 Å². The van der Waals surface area contributed by atoms with Crippen LogP contribution in [0.25, 0.3) is 5.65 Å². The standard InChI is InChI=1S/C11H12N2/c1-8-5-6-9-11(8)12-10-4-2-3-7-13(9)10/h2-4,7-8H,5-6H2,1H3. The summed E-state index contributed by atoms with van der Waals surface area (Å²) >= 11 is 0. The van der Waals surface area contributed by atoms with Crippen LogP contribution in [-0.2, 0) is 6.42 Å². The average molecular weight is 172 g/mol. The molecule has 2 heterocycles. The molecule has 3 rings (SSSR count). The molecule has 1 unspecified atom stereocenters. The molecule has 0 N–H and O–H groups in total. The Hall–Kier alpha value is -1.31. The van der Waals surface area contributed by atoms with E-state index >= 15 is 0 Å². The Kier molecular flexibility index (Phi) is 1.29. The number of fused-ring (bicyclic) bond motifs is 3. The zero-order chi connectivity index (χ0) is 8.84. The van der Waals surface area contributed by atoms with Crippen molar-refractivity contribution in [2.75, 3.05) is 0 Å². The lowest BCUT2D eigenvalue weighted by atomic mass is 10.1. The van der Waals surface area contributed by atoms with E-state index in [0.717, 1.165) is 5.65 Å². The zero-order valence-electron chi connectivity index (χ0n) is 7.70. The quantitative estimate of drug-likeness (QED) is 0.596. The van der Waals surface area contributed by atoms with Crippen molar-refractivity contribution in [1.82, 2.24) is 9.38 Å². The first-order chi connectivity index (χ1) is 6.36. The normalized spacial score (nSPS) is 20.8. The van der Waals surface area contributed by atoms with Crippen molar-refractivity contribution in [1.29, 1.82) is 0 Å². The summed E-state index contributed by atoms with van der Waals surface area (Å²) in [5.74, 6) is 0.648. The fourth-order valence-corrected chi connectivity index (χ4v) is 2.20. The van der Waals surface area contributed by atoms with Crippen LogP contribution in [0.5, 0.6) is 0 Å². The summed E-state index contributed by atoms with van der Waals surface area (Å²) in [5, 5.41) is 0. The predicted molar refractivity (Wildman–Crippen MR) is 51.9 cm³/mol. The zero-order valence-corrected chi connectivity index (χ0v) is 7.70. The molecular weight excluding hydrogens is 160 g/mol. The topological polar surface area (TPSA) is 17.3 Å². The number of aryl methyl sites for hydroxylation is 1. The van der Waals surface area contributed by atoms with E-state index in [4.69, 9.17) is 0 Å². The van der Waals surface area contributed by atoms with E-state index in [2.05, 4.69) is 34.6 Å². The molecule has 1 atom stereocenters. The summed E-state index contributed by atoms with van der Waals surface area (Å²) in [6.07, 6.45) is 4.55. The highest BCUT2D eigenvalue weighted by Crippen LogP contribution is 2.32. The van der Waals surface area contributed by atoms with E-state index in [1.54, 1.807) is 0 Å². The van der Waals surface area contributed by atoms with Crippen LogP contribution in [0.1, 0.15) is 30.7 Å². The lowest BCUT2D eigenvalue weighted by Crippen LogP contribution is -1.88. The maximum Gasteiger partial charge on any atom is 0.137 e. The Bertz CT molecular complexity index is 456. The summed E-state index contributed by atoms with van der Waals surface area (Å²) < 4.78 is 2.22. The first kappa shape index (κ1) is 7.13. The first-order valence-electron chi connectivity index (χ1n) is 4.82. The second-order valence-electron chi connectivity index (χ2n) is 3.81. The van der Waals surface area contributed by atoms with Gasteiger partial charge in [0.1, 0.15) is 5.65 Å². The number of imidazole rings is 1. The van der Waals surface area contributed by atoms with Gasteiger partial charge in [-0.3, -0.25) is 0 Å². The molecule has 0 aromatic carbocycles. The fourth-order valence-electron chi connectivity index (χ4n) is 2.20. The Morgan fingerprint density at radius 2 is 2.38 bits per heavy atom. The van der Waals surface area contributed by atoms with E-state index in [0.29, 0.717) is 5.92 Å². The van der Waals surface area contributed by atoms with E-state index in [1.807, 2.05) is 6.07 Å². The average Bonchev–Trinajstić information content (AvgIpc) is 2.67. The van der Waals surface area contributed by atoms with Crippen LogP contribution in [0, 0.1) is 0 Å². The maximum atomic E-state index is 4.64. The van der Waals surface area contributed by atoms with Crippen LogP contribution in [0.4, 0.5) is 0 Å². The van der Waals surface area contributed by atoms with Gasteiger partial charge in [-0.25, -0.2) is 4.98 Å². The van der Waals surface area contributed by atoms with E-state index < -0.39 is 0 Å². The fraction of sp³-hybridized carbons (Fsp3) is 0.364. The Balaban J connectivity index is 2.38. The third-order valence-corrected chi connectivity index (χ3v) is 2.94. The van der Waals surface area contributed by atoms with Crippen molar-refractivity contribution in [2.45, 2.75) is 25.7 Å². The van der Waals surface area contributed by atoms with Crippen molar-refractivity contribution in [3.63, 3.8) is 0 Å². The summed E-state index contributed by atoms with van der Waals surface area (Å²) in [7, 11) is 0. The molecule has 13 heavy (non-hydrogen) atoms. The molecule has 2 nitrogen and oxygen atoms in total. The minimum Gasteiger partial charge on any atom is -0.304 e. The van der Waals surface area contributed by atoms with Gasteiger partial charge in [-0.05, 0) is 25.0 Å². The number of rotatable bonds is 0. The van der Waals surface area contributed by atoms with Crippen LogP contribution in [0.2, 0.25) is 0 Å². The van der Waals surface area contributed by atoms with E-state index in [-0.39, 0.29) is 0 Å². The molecule has 2 heteroatoms. The number of hydrogen-bond donors (Lipinski definition) is 0. The molecule has 0 saturated carbocycles. The van der Waals surface area contributed by atoms with Gasteiger partial charge in [-0.2, -0.15) is 0 Å². The van der Waals surface area contributed by atoms with Crippen LogP contribution in [0.3, 0.4) is 0 Å². The molecule has 66 valence electrons. The highest BCUT2D eigenvalue weighted by molar-refractivity contribution is 5.45. The lowest BCUT2D eigenvalue weighted by molar-refractivity contribution is 0.726. The molecule has 0 saturated heterocycles. The summed E-state index contributed by atoms with van der Waals surface area (Å²) in [6.45, 7) is 2.26. The van der Waals surface area contributed by atoms with Crippen molar-refractivity contribution >= 4 is 5.65 Å². The molecular formula is C11H12N2. The van der Waals surface area contributed by atoms with Crippen LogP contribution >= 0.6 is 0 Å². The minimum atomic E-state index is 0.648. The van der Waals surface area contributed by atoms with Gasteiger partial charge in [0.25, 0.3) is 0 Å². The van der Waals surface area contributed by atoms with Gasteiger partial charge in [0.2, 0.25) is 0 Å². The van der Waals surface area contributed by atoms with E-state index in [9.17, 15) is 0 Å². The number of hydrogen-bond acceptors (Lipinski definition) is 1. The smallest absolute Gasteiger partial charge is 0.137 e. The third kappa shape index (κ3) is 0.857. The molecule has 0 amide bonds. The SMILES string of the molecule is CC1CCc2c1nc1ccccn21. The first-order valence-corrected chi connectivity index (χ1v) is 4.82. The molecule has 2 aromatic rings. The monoisotopic (exact) mass is 172 g/mol. The molecule has 0 aliphatic heterocycles. The van der Waals surface area contributed by atoms with Crippen molar-refractivity contribution < 1.29 is 0 Å². The van der Waals surface area contributed by atoms with Gasteiger partial charge in [-0.15, -0.1) is 0 Å². The number of aromatic nitrogens is 2. The van der Waals surface area contributed by atoms with Crippen LogP contribution in [0.15, 0.2) is 24.4 Å². The van der Waals surface area contributed by atoms with Crippen LogP contribution < -0.4 is 0 Å². The second-order valence-corrected chi connectivity index (χ2v) is 3.81. The summed E-state index contributed by atoms with van der Waals surface area (Å²) in [5.41, 5.74) is 3.83. The van der Waals surface area contributed by atoms with Gasteiger partial charge >= 0.3 is 0 Å². The third-order valence-electron chi connectivity index (χ3n) is 2.94. The highest BCUT2D eigenvalue weighted by Gasteiger charge is 2.23. The highest BCUT2D eigenvalue weighted by atomic mass is 15.0. The molecule has 0 radical (unpaired) electrons. The molecule has 0 spiro atoms. The van der Waals surface area contributed by atoms with Crippen LogP contribution in [-0.4, -0.2) is 9.38 Å². The predicted octanol–water partition coefficient (Wildman–Crippen LogP) is 2.38. The van der Waals surface area contributed by atoms with Crippen molar-refractivity contribution in [3.05, 3.63) is 35.8 Å². The Morgan fingerprint density at radius 1 is 1.46 bits per heavy atom. The lowest BCUT2D eigenvalue weighted by Gasteiger charge is -1.96. The van der Waals surface area contributed by atoms with Crippen molar-refractivity contribution in [3.8, 4) is 0 Å². The van der Waals surface area contributed by atoms with E-state index in [1.165, 1.54) is 24.2 Å². The molecule has 1 aliphatic rings. The second kappa shape index (κ2) is 2.34. The molecule has 0 bridgehead atoms. The minimum absolute atomic E-state index is 0.648. The molecule has 1 aliphatic carbocycles. The summed E-state index contributed by atoms with van der Waals surface area (Å²) in [6, 6.07) is 6.19. The summed E-state index contributed by atoms with van der Waals surface area (Å²) in [4.78, 5) is 4.64. The molecule has 2 aromatic heterocycles. The van der Waals surface area contributed by atoms with Gasteiger partial charge in [0.05, 0.1) is 5.69 Å². The van der Waals surface area contributed by atoms with Gasteiger partial charge < -0.3 is 4.40 Å². The molecule has 0 fully saturated rings. The largest absolute Gasteiger partial charge is 0.304 e. The van der Waals surface area contributed by atoms with Gasteiger partial charge in [0, 0.05) is 17.8 Å². The Morgan fingerprint density at radius 3 is 3.31 bits per heavy atom. The number of nitrogens with zero attached hydrogens (tertiary/aromatic N) is 2. The van der Waals surface area contributed by atoms with Gasteiger partial charge in [-0.1, -0.05) is 13.0 Å². The van der Waals surface area contributed by atoms with Gasteiger partial charge in [0.15, 0.2) is 0 Å². The number of pyridine rings is 1. The Labute approximate surface area is 77.2 Å². The maximum absolute atomic E-state index is 4.64.